The van der Waals surface area contributed by atoms with Crippen LogP contribution in [0.2, 0.25) is 0 Å². The quantitative estimate of drug-likeness (QED) is 0.0308. The minimum atomic E-state index is -5.50. The van der Waals surface area contributed by atoms with Crippen molar-refractivity contribution in [3.05, 3.63) is 0 Å². The lowest BCUT2D eigenvalue weighted by Crippen LogP contribution is -2.67. The molecule has 0 spiro atoms. The smallest absolute Gasteiger partial charge is 0.391 e. The van der Waals surface area contributed by atoms with Gasteiger partial charge in [0.15, 0.2) is 6.29 Å². The molecular formula is C54H105NO24P2. The van der Waals surface area contributed by atoms with Crippen molar-refractivity contribution in [3.63, 3.8) is 0 Å². The van der Waals surface area contributed by atoms with Gasteiger partial charge in [-0.1, -0.05) is 187 Å². The van der Waals surface area contributed by atoms with Crippen LogP contribution in [0.15, 0.2) is 0 Å². The van der Waals surface area contributed by atoms with Gasteiger partial charge in [0.05, 0.1) is 25.4 Å². The summed E-state index contributed by atoms with van der Waals surface area (Å²) in [7, 11) is -11.0. The van der Waals surface area contributed by atoms with E-state index < -0.39 is 151 Å². The third-order valence-electron chi connectivity index (χ3n) is 15.8. The molecule has 27 heteroatoms. The number of hydrogen-bond acceptors (Lipinski definition) is 22. The minimum Gasteiger partial charge on any atom is -0.391 e. The Kier molecular flexibility index (Phi) is 36.5. The van der Waals surface area contributed by atoms with Crippen LogP contribution in [0, 0.1) is 0 Å². The standard InChI is InChI=1S/C54H105NO24P2/c1-3-5-7-9-11-13-15-17-18-20-21-23-25-27-29-31-36(56)35(55-38(57)32-30-28-26-24-22-19-16-14-12-10-8-6-4-2)33-74-80(70,71)79-53-49(68)45(64)44(63)48(67)52(53)77-54-50(69)40(59)39(58)37(76-54)34-75-81(72,73)78-51-46(65)42(61)41(60)43(62)47(51)66/h35-37,39-54,56,58-69H,3-34H2,1-2H3,(H,55,57)(H,70,71)(H,72,73)/t35-,36+,37+,39+,40?,41?,42+,43?,44?,45?,46?,47?,48+,49?,50?,51?,52?,53-,54+/m0/s1. The van der Waals surface area contributed by atoms with Crippen molar-refractivity contribution in [2.24, 2.45) is 0 Å². The maximum absolute atomic E-state index is 13.7. The highest BCUT2D eigenvalue weighted by Gasteiger charge is 2.56. The van der Waals surface area contributed by atoms with E-state index in [1.165, 1.54) is 109 Å². The topological polar surface area (TPSA) is 422 Å². The molecule has 0 aromatic rings. The van der Waals surface area contributed by atoms with Gasteiger partial charge in [-0.15, -0.1) is 0 Å². The maximum Gasteiger partial charge on any atom is 0.472 e. The summed E-state index contributed by atoms with van der Waals surface area (Å²) in [6, 6.07) is -1.24. The predicted molar refractivity (Wildman–Crippen MR) is 295 cm³/mol. The van der Waals surface area contributed by atoms with E-state index in [2.05, 4.69) is 19.2 Å². The molecule has 0 aromatic heterocycles. The molecule has 2 saturated carbocycles. The third kappa shape index (κ3) is 26.5. The monoisotopic (exact) mass is 1210 g/mol. The van der Waals surface area contributed by atoms with Crippen molar-refractivity contribution < 1.29 is 118 Å². The van der Waals surface area contributed by atoms with Crippen LogP contribution in [0.5, 0.6) is 0 Å². The Hall–Kier alpha value is -0.910. The zero-order valence-corrected chi connectivity index (χ0v) is 49.7. The largest absolute Gasteiger partial charge is 0.472 e. The maximum atomic E-state index is 13.7. The second-order valence-corrected chi connectivity index (χ2v) is 25.5. The van der Waals surface area contributed by atoms with Gasteiger partial charge in [0.1, 0.15) is 97.7 Å². The van der Waals surface area contributed by atoms with Gasteiger partial charge in [0.25, 0.3) is 0 Å². The van der Waals surface area contributed by atoms with Gasteiger partial charge < -0.3 is 91.0 Å². The van der Waals surface area contributed by atoms with E-state index in [4.69, 9.17) is 27.6 Å². The van der Waals surface area contributed by atoms with Crippen LogP contribution in [0.3, 0.4) is 0 Å². The Bertz CT molecular complexity index is 1750. The van der Waals surface area contributed by atoms with Crippen molar-refractivity contribution in [3.8, 4) is 0 Å². The number of phosphoric ester groups is 2. The summed E-state index contributed by atoms with van der Waals surface area (Å²) in [6.07, 6.45) is -7.40. The van der Waals surface area contributed by atoms with Crippen LogP contribution < -0.4 is 5.32 Å². The van der Waals surface area contributed by atoms with Crippen LogP contribution in [-0.4, -0.2) is 211 Å². The van der Waals surface area contributed by atoms with Crippen LogP contribution in [-0.2, 0) is 41.5 Å². The molecule has 2 aliphatic carbocycles. The van der Waals surface area contributed by atoms with Crippen molar-refractivity contribution in [1.82, 2.24) is 5.32 Å². The molecular weight excluding hydrogens is 1110 g/mol. The Morgan fingerprint density at radius 2 is 0.790 bits per heavy atom. The van der Waals surface area contributed by atoms with Gasteiger partial charge in [-0.05, 0) is 12.8 Å². The second-order valence-electron chi connectivity index (χ2n) is 22.7. The normalized spacial score (nSPS) is 33.2. The number of phosphoric acid groups is 2. The first kappa shape index (κ1) is 74.3. The highest BCUT2D eigenvalue weighted by molar-refractivity contribution is 7.47. The van der Waals surface area contributed by atoms with Crippen molar-refractivity contribution in [2.45, 2.75) is 323 Å². The SMILES string of the molecule is CCCCCCCCCCCCCCCCC[C@@H](O)[C@H](COP(=O)(O)O[C@H]1C(O)C(O)C(O)[C@@H](O)C1O[C@H]1O[C@H](COP(=O)(O)OC2C(O)C(O)C(O)[C@@H](O)C2O)[C@@H](O)C(O)C1O)NC(=O)CCCCCCCCCCCCCCC. The van der Waals surface area contributed by atoms with E-state index in [1.807, 2.05) is 0 Å². The molecule has 1 amide bonds. The number of nitrogens with one attached hydrogen (secondary N) is 1. The van der Waals surface area contributed by atoms with Gasteiger partial charge in [-0.2, -0.15) is 0 Å². The van der Waals surface area contributed by atoms with Gasteiger partial charge in [-0.25, -0.2) is 9.13 Å². The van der Waals surface area contributed by atoms with E-state index in [1.54, 1.807) is 0 Å². The molecule has 3 fully saturated rings. The minimum absolute atomic E-state index is 0.107. The van der Waals surface area contributed by atoms with Crippen LogP contribution >= 0.6 is 15.6 Å². The molecule has 81 heavy (non-hydrogen) atoms. The lowest BCUT2D eigenvalue weighted by molar-refractivity contribution is -0.337. The van der Waals surface area contributed by atoms with Crippen LogP contribution in [0.4, 0.5) is 0 Å². The summed E-state index contributed by atoms with van der Waals surface area (Å²) in [5.41, 5.74) is 0. The molecule has 25 nitrogen and oxygen atoms in total. The van der Waals surface area contributed by atoms with Crippen LogP contribution in [0.1, 0.15) is 206 Å². The number of ether oxygens (including phenoxy) is 2. The summed E-state index contributed by atoms with van der Waals surface area (Å²) in [5.74, 6) is -0.439. The zero-order chi connectivity index (χ0) is 60.1. The number of hydrogen-bond donors (Lipinski definition) is 16. The number of carbonyl (C=O) groups excluding carboxylic acids is 1. The molecule has 21 atom stereocenters. The average Bonchev–Trinajstić information content (AvgIpc) is 3.43. The van der Waals surface area contributed by atoms with Gasteiger partial charge in [-0.3, -0.25) is 22.9 Å². The number of rotatable bonds is 44. The molecule has 3 aliphatic rings. The molecule has 0 bridgehead atoms. The summed E-state index contributed by atoms with van der Waals surface area (Å²) in [6.45, 7) is 2.38. The van der Waals surface area contributed by atoms with Gasteiger partial charge in [0, 0.05) is 6.42 Å². The number of amides is 1. The van der Waals surface area contributed by atoms with Crippen LogP contribution in [0.25, 0.3) is 0 Å². The van der Waals surface area contributed by atoms with E-state index in [0.29, 0.717) is 12.8 Å². The number of unbranched alkanes of at least 4 members (excludes halogenated alkanes) is 26. The fourth-order valence-corrected chi connectivity index (χ4v) is 12.5. The highest BCUT2D eigenvalue weighted by Crippen LogP contribution is 2.49. The van der Waals surface area contributed by atoms with Crippen molar-refractivity contribution in [1.29, 1.82) is 0 Å². The predicted octanol–water partition coefficient (Wildman–Crippen LogP) is 3.05. The summed E-state index contributed by atoms with van der Waals surface area (Å²) in [5, 5.41) is 140. The van der Waals surface area contributed by atoms with Gasteiger partial charge in [0.2, 0.25) is 5.91 Å². The average molecular weight is 1210 g/mol. The fourth-order valence-electron chi connectivity index (χ4n) is 10.6. The van der Waals surface area contributed by atoms with E-state index in [-0.39, 0.29) is 12.8 Å². The first-order valence-corrected chi connectivity index (χ1v) is 33.2. The summed E-state index contributed by atoms with van der Waals surface area (Å²) >= 11 is 0. The number of aliphatic hydroxyl groups excluding tert-OH is 13. The second kappa shape index (κ2) is 39.8. The Morgan fingerprint density at radius 3 is 1.23 bits per heavy atom. The van der Waals surface area contributed by atoms with E-state index in [0.717, 1.165) is 57.8 Å². The molecule has 0 aromatic carbocycles. The molecule has 1 aliphatic heterocycles. The first-order chi connectivity index (χ1) is 38.5. The number of aliphatic hydroxyl groups is 13. The van der Waals surface area contributed by atoms with Gasteiger partial charge >= 0.3 is 15.6 Å². The molecule has 480 valence electrons. The Morgan fingerprint density at radius 1 is 0.444 bits per heavy atom. The third-order valence-corrected chi connectivity index (χ3v) is 17.8. The molecule has 3 rings (SSSR count). The molecule has 13 unspecified atom stereocenters. The zero-order valence-electron chi connectivity index (χ0n) is 47.9. The molecule has 1 heterocycles. The Labute approximate surface area is 478 Å². The first-order valence-electron chi connectivity index (χ1n) is 30.2. The van der Waals surface area contributed by atoms with E-state index in [9.17, 15) is 90.1 Å². The summed E-state index contributed by atoms with van der Waals surface area (Å²) < 4.78 is 57.8. The Balaban J connectivity index is 1.63. The molecule has 16 N–H and O–H groups in total. The van der Waals surface area contributed by atoms with Crippen molar-refractivity contribution in [2.75, 3.05) is 13.2 Å². The lowest BCUT2D eigenvalue weighted by atomic mass is 9.84. The van der Waals surface area contributed by atoms with E-state index >= 15 is 0 Å². The number of carbonyl (C=O) groups is 1. The molecule has 1 saturated heterocycles. The highest BCUT2D eigenvalue weighted by atomic mass is 31.2. The fraction of sp³-hybridized carbons (Fsp3) is 0.981. The lowest BCUT2D eigenvalue weighted by Gasteiger charge is -2.47. The summed E-state index contributed by atoms with van der Waals surface area (Å²) in [4.78, 5) is 34.8. The molecule has 0 radical (unpaired) electrons. The van der Waals surface area contributed by atoms with Crippen molar-refractivity contribution >= 4 is 21.6 Å².